The number of imide groups is 1. The second-order valence-corrected chi connectivity index (χ2v) is 4.91. The van der Waals surface area contributed by atoms with Crippen LogP contribution in [0.3, 0.4) is 0 Å². The van der Waals surface area contributed by atoms with Crippen LogP contribution in [0.4, 0.5) is 4.79 Å². The van der Waals surface area contributed by atoms with Crippen molar-refractivity contribution in [3.8, 4) is 0 Å². The monoisotopic (exact) mass is 314 g/mol. The molecule has 0 aromatic rings. The lowest BCUT2D eigenvalue weighted by Gasteiger charge is -2.12. The Morgan fingerprint density at radius 1 is 1.31 bits per heavy atom. The summed E-state index contributed by atoms with van der Waals surface area (Å²) in [5, 5.41) is 2.24. The molecule has 0 aliphatic carbocycles. The number of nitrogens with zero attached hydrogens (tertiary/aromatic N) is 1. The molecule has 0 bridgehead atoms. The first-order valence-electron chi connectivity index (χ1n) is 3.99. The van der Waals surface area contributed by atoms with Crippen LogP contribution in [-0.2, 0) is 4.79 Å². The summed E-state index contributed by atoms with van der Waals surface area (Å²) in [6, 6.07) is -0.517. The van der Waals surface area contributed by atoms with E-state index in [0.717, 1.165) is 15.8 Å². The molecule has 6 heteroatoms. The van der Waals surface area contributed by atoms with E-state index in [1.807, 2.05) is 13.8 Å². The van der Waals surface area contributed by atoms with Gasteiger partial charge in [-0.2, -0.15) is 2.95 Å². The molecular formula is C7H12Br2N2O2. The van der Waals surface area contributed by atoms with E-state index in [2.05, 4.69) is 37.6 Å². The van der Waals surface area contributed by atoms with Gasteiger partial charge in [-0.15, -0.1) is 0 Å². The van der Waals surface area contributed by atoms with Crippen molar-refractivity contribution in [3.05, 3.63) is 0 Å². The quantitative estimate of drug-likeness (QED) is 0.814. The fraction of sp³-hybridized carbons (Fsp3) is 0.714. The summed E-state index contributed by atoms with van der Waals surface area (Å²) in [4.78, 5) is 22.3. The molecule has 0 aliphatic heterocycles. The van der Waals surface area contributed by atoms with Crippen LogP contribution in [0.5, 0.6) is 0 Å². The Morgan fingerprint density at radius 2 is 1.77 bits per heavy atom. The number of amides is 3. The van der Waals surface area contributed by atoms with Crippen molar-refractivity contribution in [1.29, 1.82) is 0 Å². The molecule has 4 nitrogen and oxygen atoms in total. The number of halogens is 2. The highest BCUT2D eigenvalue weighted by atomic mass is 79.9. The van der Waals surface area contributed by atoms with Crippen LogP contribution < -0.4 is 5.32 Å². The largest absolute Gasteiger partial charge is 0.344 e. The predicted molar refractivity (Wildman–Crippen MR) is 57.3 cm³/mol. The van der Waals surface area contributed by atoms with Crippen LogP contribution in [0, 0.1) is 5.92 Å². The van der Waals surface area contributed by atoms with Gasteiger partial charge in [0, 0.05) is 5.92 Å². The Kier molecular flexibility index (Phi) is 6.32. The van der Waals surface area contributed by atoms with Crippen LogP contribution in [0.1, 0.15) is 26.7 Å². The van der Waals surface area contributed by atoms with Gasteiger partial charge in [-0.05, 0) is 12.8 Å². The van der Waals surface area contributed by atoms with Gasteiger partial charge in [-0.25, -0.2) is 4.79 Å². The first-order valence-corrected chi connectivity index (χ1v) is 5.41. The number of hydrogen-bond donors (Lipinski definition) is 1. The predicted octanol–water partition coefficient (Wildman–Crippen LogP) is 2.58. The lowest BCUT2D eigenvalue weighted by Crippen LogP contribution is -2.37. The topological polar surface area (TPSA) is 49.4 Å². The van der Waals surface area contributed by atoms with Crippen LogP contribution in [-0.4, -0.2) is 14.9 Å². The minimum absolute atomic E-state index is 0.0936. The van der Waals surface area contributed by atoms with Crippen molar-refractivity contribution in [2.45, 2.75) is 26.7 Å². The van der Waals surface area contributed by atoms with E-state index in [0.29, 0.717) is 0 Å². The van der Waals surface area contributed by atoms with Gasteiger partial charge in [0.15, 0.2) is 0 Å². The van der Waals surface area contributed by atoms with Crippen molar-refractivity contribution in [2.24, 2.45) is 5.92 Å². The average molecular weight is 316 g/mol. The standard InChI is InChI=1S/C7H12Br2N2O2/c1-3-5(4-2)6(12)10-7(13)11(8)9/h5H,3-4H2,1-2H3,(H,10,12,13). The molecule has 0 aliphatic rings. The summed E-state index contributed by atoms with van der Waals surface area (Å²) < 4.78 is 0.972. The number of rotatable bonds is 3. The van der Waals surface area contributed by atoms with E-state index in [1.165, 1.54) is 0 Å². The third-order valence-corrected chi connectivity index (χ3v) is 2.38. The molecule has 0 rings (SSSR count). The zero-order valence-electron chi connectivity index (χ0n) is 7.51. The van der Waals surface area contributed by atoms with Crippen molar-refractivity contribution in [2.75, 3.05) is 0 Å². The molecule has 0 atom stereocenters. The van der Waals surface area contributed by atoms with Gasteiger partial charge in [0.25, 0.3) is 0 Å². The summed E-state index contributed by atoms with van der Waals surface area (Å²) in [5.74, 6) is -0.331. The van der Waals surface area contributed by atoms with Crippen molar-refractivity contribution in [3.63, 3.8) is 0 Å². The molecule has 0 fully saturated rings. The second kappa shape index (κ2) is 6.37. The summed E-state index contributed by atoms with van der Waals surface area (Å²) >= 11 is 5.69. The van der Waals surface area contributed by atoms with Crippen LogP contribution in [0.2, 0.25) is 0 Å². The molecule has 0 aromatic carbocycles. The Hall–Kier alpha value is -0.100. The van der Waals surface area contributed by atoms with Crippen molar-refractivity contribution < 1.29 is 9.59 Å². The van der Waals surface area contributed by atoms with E-state index in [-0.39, 0.29) is 11.8 Å². The average Bonchev–Trinajstić information content (AvgIpc) is 2.06. The Balaban J connectivity index is 4.06. The van der Waals surface area contributed by atoms with E-state index in [1.54, 1.807) is 0 Å². The molecule has 0 saturated heterocycles. The summed E-state index contributed by atoms with van der Waals surface area (Å²) in [5.41, 5.74) is 0. The van der Waals surface area contributed by atoms with E-state index >= 15 is 0 Å². The maximum absolute atomic E-state index is 11.3. The molecular weight excluding hydrogens is 304 g/mol. The normalized spacial score (nSPS) is 9.92. The van der Waals surface area contributed by atoms with Gasteiger partial charge in [-0.3, -0.25) is 10.1 Å². The van der Waals surface area contributed by atoms with Crippen LogP contribution in [0.25, 0.3) is 0 Å². The molecule has 0 spiro atoms. The smallest absolute Gasteiger partial charge is 0.276 e. The van der Waals surface area contributed by atoms with Gasteiger partial charge in [0.2, 0.25) is 5.91 Å². The third kappa shape index (κ3) is 4.61. The molecule has 1 N–H and O–H groups in total. The number of carbonyl (C=O) groups excluding carboxylic acids is 2. The minimum Gasteiger partial charge on any atom is -0.276 e. The minimum atomic E-state index is -0.517. The van der Waals surface area contributed by atoms with Gasteiger partial charge < -0.3 is 0 Å². The first-order chi connectivity index (χ1) is 6.02. The zero-order valence-corrected chi connectivity index (χ0v) is 10.7. The molecule has 0 unspecified atom stereocenters. The van der Waals surface area contributed by atoms with E-state index in [9.17, 15) is 9.59 Å². The van der Waals surface area contributed by atoms with Crippen molar-refractivity contribution >= 4 is 44.2 Å². The highest BCUT2D eigenvalue weighted by Crippen LogP contribution is 2.09. The molecule has 3 amide bonds. The van der Waals surface area contributed by atoms with E-state index < -0.39 is 6.03 Å². The summed E-state index contributed by atoms with van der Waals surface area (Å²) in [6.45, 7) is 3.83. The Morgan fingerprint density at radius 3 is 2.08 bits per heavy atom. The summed E-state index contributed by atoms with van der Waals surface area (Å²) in [7, 11) is 0. The Bertz CT molecular complexity index is 193. The van der Waals surface area contributed by atoms with Gasteiger partial charge in [-0.1, -0.05) is 13.8 Å². The fourth-order valence-electron chi connectivity index (χ4n) is 0.909. The molecule has 13 heavy (non-hydrogen) atoms. The Labute approximate surface area is 94.7 Å². The number of hydrogen-bond acceptors (Lipinski definition) is 2. The second-order valence-electron chi connectivity index (χ2n) is 2.54. The van der Waals surface area contributed by atoms with Gasteiger partial charge >= 0.3 is 6.03 Å². The van der Waals surface area contributed by atoms with Crippen LogP contribution >= 0.6 is 32.3 Å². The van der Waals surface area contributed by atoms with E-state index in [4.69, 9.17) is 0 Å². The number of nitrogens with one attached hydrogen (secondary N) is 1. The SMILES string of the molecule is CCC(CC)C(=O)NC(=O)N(Br)Br. The maximum Gasteiger partial charge on any atom is 0.344 e. The fourth-order valence-corrected chi connectivity index (χ4v) is 1.09. The van der Waals surface area contributed by atoms with Crippen molar-refractivity contribution in [1.82, 2.24) is 8.27 Å². The lowest BCUT2D eigenvalue weighted by molar-refractivity contribution is -0.124. The summed E-state index contributed by atoms with van der Waals surface area (Å²) in [6.07, 6.45) is 1.47. The first kappa shape index (κ1) is 12.9. The maximum atomic E-state index is 11.3. The van der Waals surface area contributed by atoms with Gasteiger partial charge in [0.05, 0.1) is 32.3 Å². The number of urea groups is 1. The molecule has 0 radical (unpaired) electrons. The lowest BCUT2D eigenvalue weighted by atomic mass is 10.0. The van der Waals surface area contributed by atoms with Crippen LogP contribution in [0.15, 0.2) is 0 Å². The zero-order chi connectivity index (χ0) is 10.4. The molecule has 76 valence electrons. The molecule has 0 heterocycles. The third-order valence-electron chi connectivity index (χ3n) is 1.74. The molecule has 0 saturated carbocycles. The highest BCUT2D eigenvalue weighted by molar-refractivity contribution is 9.21. The number of carbonyl (C=O) groups is 2. The molecule has 0 aromatic heterocycles. The van der Waals surface area contributed by atoms with Gasteiger partial charge in [0.1, 0.15) is 0 Å². The highest BCUT2D eigenvalue weighted by Gasteiger charge is 2.18.